The molecule has 2 aromatic carbocycles. The number of carbonyl (C=O) groups excluding carboxylic acids is 5. The number of hydrogen-bond donors (Lipinski definition) is 4. The summed E-state index contributed by atoms with van der Waals surface area (Å²) in [6.45, 7) is 0.618. The number of para-hydroxylation sites is 1. The van der Waals surface area contributed by atoms with E-state index in [4.69, 9.17) is 0 Å². The highest BCUT2D eigenvalue weighted by Gasteiger charge is 2.36. The Morgan fingerprint density at radius 1 is 0.818 bits per heavy atom. The first-order valence-electron chi connectivity index (χ1n) is 15.5. The van der Waals surface area contributed by atoms with Gasteiger partial charge < -0.3 is 21.3 Å². The third-order valence-corrected chi connectivity index (χ3v) is 8.58. The van der Waals surface area contributed by atoms with E-state index >= 15 is 0 Å². The fourth-order valence-corrected chi connectivity index (χ4v) is 6.09. The van der Waals surface area contributed by atoms with Crippen LogP contribution in [0.3, 0.4) is 0 Å². The van der Waals surface area contributed by atoms with Crippen molar-refractivity contribution in [3.05, 3.63) is 78.0 Å². The summed E-state index contributed by atoms with van der Waals surface area (Å²) in [7, 11) is 0. The van der Waals surface area contributed by atoms with Gasteiger partial charge in [-0.25, -0.2) is 4.98 Å². The molecule has 0 radical (unpaired) electrons. The van der Waals surface area contributed by atoms with E-state index in [-0.39, 0.29) is 30.5 Å². The molecule has 0 spiro atoms. The van der Waals surface area contributed by atoms with Crippen molar-refractivity contribution in [1.82, 2.24) is 26.3 Å². The summed E-state index contributed by atoms with van der Waals surface area (Å²) in [5.41, 5.74) is 1.66. The van der Waals surface area contributed by atoms with Crippen molar-refractivity contribution in [1.29, 1.82) is 0 Å². The average Bonchev–Trinajstić information content (AvgIpc) is 3.46. The molecule has 1 aliphatic heterocycles. The molecular formula is C34H39N5O5. The van der Waals surface area contributed by atoms with Crippen molar-refractivity contribution < 1.29 is 24.0 Å². The fraction of sp³-hybridized carbons (Fsp3) is 0.412. The summed E-state index contributed by atoms with van der Waals surface area (Å²) in [5.74, 6) is -3.22. The number of aromatic nitrogens is 1. The van der Waals surface area contributed by atoms with Crippen molar-refractivity contribution in [2.75, 3.05) is 6.54 Å². The maximum absolute atomic E-state index is 13.8. The molecule has 3 aromatic rings. The third-order valence-electron chi connectivity index (χ3n) is 8.58. The first-order valence-corrected chi connectivity index (χ1v) is 15.5. The number of fused-ring (bicyclic) bond motifs is 1. The number of rotatable bonds is 12. The van der Waals surface area contributed by atoms with E-state index in [1.54, 1.807) is 6.07 Å². The highest BCUT2D eigenvalue weighted by molar-refractivity contribution is 6.38. The summed E-state index contributed by atoms with van der Waals surface area (Å²) in [6, 6.07) is 17.9. The topological polar surface area (TPSA) is 146 Å². The van der Waals surface area contributed by atoms with Gasteiger partial charge in [-0.1, -0.05) is 86.7 Å². The van der Waals surface area contributed by atoms with Gasteiger partial charge in [0, 0.05) is 24.4 Å². The van der Waals surface area contributed by atoms with Crippen molar-refractivity contribution in [3.8, 4) is 0 Å². The van der Waals surface area contributed by atoms with Crippen molar-refractivity contribution in [2.45, 2.75) is 70.0 Å². The van der Waals surface area contributed by atoms with Crippen LogP contribution in [0.15, 0.2) is 66.7 Å². The normalized spacial score (nSPS) is 18.2. The molecule has 2 aliphatic rings. The lowest BCUT2D eigenvalue weighted by Crippen LogP contribution is -2.55. The standard InChI is InChI=1S/C34H39N5O5/c40-30(34(44)36-21-23-11-5-2-6-12-23)28(20-25-17-18-35-31(25)41)38-33(43)29(19-22-9-3-1-4-10-22)39-32(42)27-16-15-24-13-7-8-14-26(24)37-27/h2,5-8,11-16,22,25,28-29H,1,3-4,9-10,17-21H2,(H,35,41)(H,36,44)(H,38,43)(H,39,42)/t25-,28?,29-/m0/s1. The van der Waals surface area contributed by atoms with E-state index in [1.165, 1.54) is 0 Å². The SMILES string of the molecule is O=C(NCc1ccccc1)C(=O)C(C[C@@H]1CCNC1=O)NC(=O)[C@H](CC1CCCCC1)NC(=O)c1ccc2ccccc2n1. The second kappa shape index (κ2) is 14.7. The molecule has 5 rings (SSSR count). The van der Waals surface area contributed by atoms with E-state index in [9.17, 15) is 24.0 Å². The molecule has 4 amide bonds. The smallest absolute Gasteiger partial charge is 0.289 e. The molecule has 2 fully saturated rings. The van der Waals surface area contributed by atoms with Crippen LogP contribution in [-0.2, 0) is 25.7 Å². The predicted octanol–water partition coefficient (Wildman–Crippen LogP) is 3.20. The van der Waals surface area contributed by atoms with E-state index in [1.807, 2.05) is 60.7 Å². The van der Waals surface area contributed by atoms with Crippen LogP contribution in [0.25, 0.3) is 10.9 Å². The van der Waals surface area contributed by atoms with Crippen LogP contribution < -0.4 is 21.3 Å². The maximum Gasteiger partial charge on any atom is 0.289 e. The first-order chi connectivity index (χ1) is 21.4. The molecule has 3 atom stereocenters. The Balaban J connectivity index is 1.33. The third kappa shape index (κ3) is 8.06. The zero-order chi connectivity index (χ0) is 30.9. The second-order valence-corrected chi connectivity index (χ2v) is 11.8. The van der Waals surface area contributed by atoms with Gasteiger partial charge in [-0.2, -0.15) is 0 Å². The monoisotopic (exact) mass is 597 g/mol. The van der Waals surface area contributed by atoms with Gasteiger partial charge in [0.15, 0.2) is 0 Å². The molecular weight excluding hydrogens is 558 g/mol. The molecule has 10 nitrogen and oxygen atoms in total. The number of carbonyl (C=O) groups is 5. The molecule has 230 valence electrons. The van der Waals surface area contributed by atoms with Gasteiger partial charge in [0.2, 0.25) is 17.6 Å². The molecule has 0 bridgehead atoms. The van der Waals surface area contributed by atoms with E-state index in [0.29, 0.717) is 24.9 Å². The lowest BCUT2D eigenvalue weighted by atomic mass is 9.84. The minimum atomic E-state index is -1.23. The fourth-order valence-electron chi connectivity index (χ4n) is 6.09. The summed E-state index contributed by atoms with van der Waals surface area (Å²) < 4.78 is 0. The van der Waals surface area contributed by atoms with Gasteiger partial charge in [0.05, 0.1) is 11.6 Å². The largest absolute Gasteiger partial charge is 0.356 e. The zero-order valence-electron chi connectivity index (χ0n) is 24.7. The molecule has 1 saturated heterocycles. The number of ketones is 1. The van der Waals surface area contributed by atoms with Crippen LogP contribution in [0, 0.1) is 11.8 Å². The Bertz CT molecular complexity index is 1500. The van der Waals surface area contributed by atoms with Gasteiger partial charge in [0.1, 0.15) is 11.7 Å². The molecule has 2 heterocycles. The van der Waals surface area contributed by atoms with Crippen LogP contribution >= 0.6 is 0 Å². The number of pyridine rings is 1. The highest BCUT2D eigenvalue weighted by Crippen LogP contribution is 2.28. The van der Waals surface area contributed by atoms with Gasteiger partial charge >= 0.3 is 0 Å². The lowest BCUT2D eigenvalue weighted by Gasteiger charge is -2.28. The van der Waals surface area contributed by atoms with Gasteiger partial charge in [-0.15, -0.1) is 0 Å². The molecule has 1 saturated carbocycles. The van der Waals surface area contributed by atoms with Crippen LogP contribution in [0.2, 0.25) is 0 Å². The van der Waals surface area contributed by atoms with Crippen LogP contribution in [-0.4, -0.2) is 53.0 Å². The van der Waals surface area contributed by atoms with E-state index < -0.39 is 41.5 Å². The molecule has 44 heavy (non-hydrogen) atoms. The Labute approximate surface area is 256 Å². The van der Waals surface area contributed by atoms with E-state index in [2.05, 4.69) is 26.3 Å². The quantitative estimate of drug-likeness (QED) is 0.236. The maximum atomic E-state index is 13.8. The predicted molar refractivity (Wildman–Crippen MR) is 165 cm³/mol. The number of Topliss-reactive ketones (excluding diaryl/α,β-unsaturated/α-hetero) is 1. The Morgan fingerprint density at radius 2 is 1.57 bits per heavy atom. The lowest BCUT2D eigenvalue weighted by molar-refractivity contribution is -0.141. The number of nitrogens with zero attached hydrogens (tertiary/aromatic N) is 1. The number of amides is 4. The number of benzene rings is 2. The minimum Gasteiger partial charge on any atom is -0.356 e. The zero-order valence-corrected chi connectivity index (χ0v) is 24.7. The average molecular weight is 598 g/mol. The van der Waals surface area contributed by atoms with Crippen molar-refractivity contribution >= 4 is 40.3 Å². The molecule has 1 unspecified atom stereocenters. The van der Waals surface area contributed by atoms with Gasteiger partial charge in [0.25, 0.3) is 11.8 Å². The molecule has 4 N–H and O–H groups in total. The molecule has 1 aromatic heterocycles. The minimum absolute atomic E-state index is 0.00844. The Morgan fingerprint density at radius 3 is 2.32 bits per heavy atom. The summed E-state index contributed by atoms with van der Waals surface area (Å²) in [4.78, 5) is 70.5. The van der Waals surface area contributed by atoms with Crippen molar-refractivity contribution in [3.63, 3.8) is 0 Å². The van der Waals surface area contributed by atoms with E-state index in [0.717, 1.165) is 43.1 Å². The first kappa shape index (κ1) is 30.8. The Kier molecular flexibility index (Phi) is 10.3. The molecule has 10 heteroatoms. The summed E-state index contributed by atoms with van der Waals surface area (Å²) in [5, 5.41) is 11.9. The van der Waals surface area contributed by atoms with Crippen molar-refractivity contribution in [2.24, 2.45) is 11.8 Å². The van der Waals surface area contributed by atoms with Crippen LogP contribution in [0.5, 0.6) is 0 Å². The highest BCUT2D eigenvalue weighted by atomic mass is 16.2. The molecule has 1 aliphatic carbocycles. The second-order valence-electron chi connectivity index (χ2n) is 11.8. The Hall–Kier alpha value is -4.60. The van der Waals surface area contributed by atoms with Gasteiger partial charge in [-0.3, -0.25) is 24.0 Å². The summed E-state index contributed by atoms with van der Waals surface area (Å²) >= 11 is 0. The van der Waals surface area contributed by atoms with Crippen LogP contribution in [0.1, 0.15) is 67.4 Å². The van der Waals surface area contributed by atoms with Crippen LogP contribution in [0.4, 0.5) is 0 Å². The van der Waals surface area contributed by atoms with Gasteiger partial charge in [-0.05, 0) is 42.9 Å². The summed E-state index contributed by atoms with van der Waals surface area (Å²) in [6.07, 6.45) is 6.03. The number of nitrogens with one attached hydrogen (secondary N) is 4. The number of hydrogen-bond acceptors (Lipinski definition) is 6.